The number of benzene rings is 2. The highest BCUT2D eigenvalue weighted by molar-refractivity contribution is 5.80. The third kappa shape index (κ3) is 8.22. The molecular formula is C24H29NO6. The molecule has 7 heteroatoms. The van der Waals surface area contributed by atoms with Crippen LogP contribution in [0.15, 0.2) is 54.6 Å². The van der Waals surface area contributed by atoms with Gasteiger partial charge in [-0.1, -0.05) is 54.6 Å². The van der Waals surface area contributed by atoms with E-state index in [4.69, 9.17) is 9.84 Å². The molecule has 166 valence electrons. The third-order valence-corrected chi connectivity index (χ3v) is 5.14. The number of aliphatic carboxylic acids is 2. The lowest BCUT2D eigenvalue weighted by molar-refractivity contribution is -0.143. The maximum absolute atomic E-state index is 12.7. The first-order valence-corrected chi connectivity index (χ1v) is 10.3. The number of hydrogen-bond donors (Lipinski definition) is 3. The molecule has 0 radical (unpaired) electrons. The minimum atomic E-state index is -1.00. The van der Waals surface area contributed by atoms with Gasteiger partial charge in [0.1, 0.15) is 0 Å². The number of carboxylic acid groups (broad SMARTS) is 2. The summed E-state index contributed by atoms with van der Waals surface area (Å²) in [7, 11) is 1.50. The summed E-state index contributed by atoms with van der Waals surface area (Å²) < 4.78 is 5.00. The first-order chi connectivity index (χ1) is 14.9. The highest BCUT2D eigenvalue weighted by atomic mass is 16.5. The Morgan fingerprint density at radius 3 is 2.16 bits per heavy atom. The van der Waals surface area contributed by atoms with Gasteiger partial charge in [0.05, 0.1) is 12.3 Å². The van der Waals surface area contributed by atoms with Crippen molar-refractivity contribution in [2.75, 3.05) is 20.3 Å². The number of methoxy groups -OCH3 is 1. The topological polar surface area (TPSA) is 113 Å². The second-order valence-corrected chi connectivity index (χ2v) is 7.45. The molecule has 0 spiro atoms. The van der Waals surface area contributed by atoms with Gasteiger partial charge >= 0.3 is 11.9 Å². The average Bonchev–Trinajstić information content (AvgIpc) is 2.76. The predicted octanol–water partition coefficient (Wildman–Crippen LogP) is 3.23. The zero-order chi connectivity index (χ0) is 22.6. The molecule has 0 aromatic heterocycles. The summed E-state index contributed by atoms with van der Waals surface area (Å²) in [6.07, 6.45) is 0.636. The van der Waals surface area contributed by atoms with Gasteiger partial charge in [-0.05, 0) is 36.0 Å². The fourth-order valence-corrected chi connectivity index (χ4v) is 3.41. The Morgan fingerprint density at radius 2 is 1.58 bits per heavy atom. The van der Waals surface area contributed by atoms with Crippen molar-refractivity contribution in [2.24, 2.45) is 11.8 Å². The van der Waals surface area contributed by atoms with Gasteiger partial charge in [0.15, 0.2) is 0 Å². The molecule has 0 heterocycles. The van der Waals surface area contributed by atoms with Crippen molar-refractivity contribution in [3.05, 3.63) is 60.2 Å². The molecule has 0 saturated heterocycles. The Hall–Kier alpha value is -3.19. The molecule has 2 atom stereocenters. The van der Waals surface area contributed by atoms with Crippen LogP contribution in [-0.4, -0.2) is 48.3 Å². The molecule has 0 unspecified atom stereocenters. The first-order valence-electron chi connectivity index (χ1n) is 10.3. The van der Waals surface area contributed by atoms with Gasteiger partial charge in [-0.3, -0.25) is 14.4 Å². The van der Waals surface area contributed by atoms with Gasteiger partial charge in [0, 0.05) is 26.2 Å². The number of ether oxygens (including phenoxy) is 1. The van der Waals surface area contributed by atoms with E-state index in [2.05, 4.69) is 5.32 Å². The van der Waals surface area contributed by atoms with Gasteiger partial charge in [-0.15, -0.1) is 0 Å². The number of carbonyl (C=O) groups excluding carboxylic acids is 1. The molecule has 31 heavy (non-hydrogen) atoms. The number of rotatable bonds is 13. The maximum Gasteiger partial charge on any atom is 0.306 e. The van der Waals surface area contributed by atoms with Crippen molar-refractivity contribution >= 4 is 17.8 Å². The lowest BCUT2D eigenvalue weighted by atomic mass is 9.87. The number of nitrogens with one attached hydrogen (secondary N) is 1. The molecule has 1 amide bonds. The smallest absolute Gasteiger partial charge is 0.306 e. The SMILES string of the molecule is COCC[C@@H](C[C@H](Cc1ccc(-c2ccccc2)cc1)C(=O)NCCC(=O)O)C(=O)O. The van der Waals surface area contributed by atoms with Crippen molar-refractivity contribution in [1.82, 2.24) is 5.32 Å². The first kappa shape index (κ1) is 24.1. The normalized spacial score (nSPS) is 12.7. The minimum absolute atomic E-state index is 0.00736. The molecule has 0 bridgehead atoms. The molecule has 2 rings (SSSR count). The van der Waals surface area contributed by atoms with E-state index in [0.717, 1.165) is 16.7 Å². The Balaban J connectivity index is 2.13. The zero-order valence-electron chi connectivity index (χ0n) is 17.6. The van der Waals surface area contributed by atoms with Gasteiger partial charge in [0.25, 0.3) is 0 Å². The standard InChI is InChI=1S/C24H29NO6/c1-31-14-12-20(24(29)30)16-21(23(28)25-13-11-22(26)27)15-17-7-9-19(10-8-17)18-5-3-2-4-6-18/h2-10,20-21H,11-16H2,1H3,(H,25,28)(H,26,27)(H,29,30)/t20-,21-/m0/s1. The van der Waals surface area contributed by atoms with Crippen LogP contribution in [-0.2, 0) is 25.5 Å². The molecule has 0 saturated carbocycles. The summed E-state index contributed by atoms with van der Waals surface area (Å²) in [4.78, 5) is 35.1. The Bertz CT molecular complexity index is 850. The Morgan fingerprint density at radius 1 is 0.935 bits per heavy atom. The van der Waals surface area contributed by atoms with Crippen molar-refractivity contribution in [3.8, 4) is 11.1 Å². The molecule has 2 aromatic carbocycles. The second kappa shape index (κ2) is 12.5. The van der Waals surface area contributed by atoms with Crippen LogP contribution < -0.4 is 5.32 Å². The predicted molar refractivity (Wildman–Crippen MR) is 117 cm³/mol. The number of hydrogen-bond acceptors (Lipinski definition) is 4. The lowest BCUT2D eigenvalue weighted by Gasteiger charge is -2.21. The van der Waals surface area contributed by atoms with Crippen LogP contribution in [0, 0.1) is 11.8 Å². The minimum Gasteiger partial charge on any atom is -0.481 e. The summed E-state index contributed by atoms with van der Waals surface area (Å²) >= 11 is 0. The van der Waals surface area contributed by atoms with Crippen LogP contribution in [0.5, 0.6) is 0 Å². The summed E-state index contributed by atoms with van der Waals surface area (Å²) in [5.74, 6) is -3.62. The van der Waals surface area contributed by atoms with E-state index >= 15 is 0 Å². The molecule has 0 aliphatic heterocycles. The van der Waals surface area contributed by atoms with E-state index in [9.17, 15) is 19.5 Å². The lowest BCUT2D eigenvalue weighted by Crippen LogP contribution is -2.35. The van der Waals surface area contributed by atoms with Crippen LogP contribution >= 0.6 is 0 Å². The third-order valence-electron chi connectivity index (χ3n) is 5.14. The van der Waals surface area contributed by atoms with Gasteiger partial charge < -0.3 is 20.3 Å². The van der Waals surface area contributed by atoms with E-state index in [0.29, 0.717) is 12.8 Å². The molecule has 3 N–H and O–H groups in total. The van der Waals surface area contributed by atoms with E-state index < -0.39 is 23.8 Å². The fraction of sp³-hybridized carbons (Fsp3) is 0.375. The summed E-state index contributed by atoms with van der Waals surface area (Å²) in [5.41, 5.74) is 3.05. The molecule has 2 aromatic rings. The van der Waals surface area contributed by atoms with Crippen LogP contribution in [0.25, 0.3) is 11.1 Å². The van der Waals surface area contributed by atoms with Crippen LogP contribution in [0.4, 0.5) is 0 Å². The summed E-state index contributed by atoms with van der Waals surface area (Å²) in [6, 6.07) is 17.7. The van der Waals surface area contributed by atoms with E-state index in [1.807, 2.05) is 54.6 Å². The van der Waals surface area contributed by atoms with Gasteiger partial charge in [-0.25, -0.2) is 0 Å². The van der Waals surface area contributed by atoms with E-state index in [1.165, 1.54) is 7.11 Å². The fourth-order valence-electron chi connectivity index (χ4n) is 3.41. The highest BCUT2D eigenvalue weighted by Crippen LogP contribution is 2.24. The quantitative estimate of drug-likeness (QED) is 0.452. The van der Waals surface area contributed by atoms with E-state index in [1.54, 1.807) is 0 Å². The summed E-state index contributed by atoms with van der Waals surface area (Å²) in [5, 5.41) is 21.0. The number of amides is 1. The van der Waals surface area contributed by atoms with Crippen LogP contribution in [0.2, 0.25) is 0 Å². The molecular weight excluding hydrogens is 398 g/mol. The summed E-state index contributed by atoms with van der Waals surface area (Å²) in [6.45, 7) is 0.295. The number of carboxylic acids is 2. The van der Waals surface area contributed by atoms with E-state index in [-0.39, 0.29) is 31.9 Å². The molecule has 7 nitrogen and oxygen atoms in total. The Kier molecular flexibility index (Phi) is 9.71. The van der Waals surface area contributed by atoms with Crippen molar-refractivity contribution < 1.29 is 29.3 Å². The van der Waals surface area contributed by atoms with Crippen molar-refractivity contribution in [2.45, 2.75) is 25.7 Å². The van der Waals surface area contributed by atoms with Crippen LogP contribution in [0.1, 0.15) is 24.8 Å². The monoisotopic (exact) mass is 427 g/mol. The molecule has 0 fully saturated rings. The molecule has 0 aliphatic rings. The van der Waals surface area contributed by atoms with Crippen LogP contribution in [0.3, 0.4) is 0 Å². The zero-order valence-corrected chi connectivity index (χ0v) is 17.6. The average molecular weight is 427 g/mol. The van der Waals surface area contributed by atoms with Gasteiger partial charge in [-0.2, -0.15) is 0 Å². The largest absolute Gasteiger partial charge is 0.481 e. The number of carbonyl (C=O) groups is 3. The van der Waals surface area contributed by atoms with Crippen molar-refractivity contribution in [1.29, 1.82) is 0 Å². The highest BCUT2D eigenvalue weighted by Gasteiger charge is 2.27. The van der Waals surface area contributed by atoms with Crippen molar-refractivity contribution in [3.63, 3.8) is 0 Å². The Labute approximate surface area is 182 Å². The molecule has 0 aliphatic carbocycles. The second-order valence-electron chi connectivity index (χ2n) is 7.45. The van der Waals surface area contributed by atoms with Gasteiger partial charge in [0.2, 0.25) is 5.91 Å². The maximum atomic E-state index is 12.7.